The van der Waals surface area contributed by atoms with Crippen molar-refractivity contribution in [3.05, 3.63) is 29.3 Å². The molecule has 1 atom stereocenters. The number of hydrogen-bond acceptors (Lipinski definition) is 2. The van der Waals surface area contributed by atoms with Gasteiger partial charge in [-0.25, -0.2) is 0 Å². The van der Waals surface area contributed by atoms with Crippen LogP contribution in [0.25, 0.3) is 0 Å². The first-order valence-electron chi connectivity index (χ1n) is 6.93. The lowest BCUT2D eigenvalue weighted by Gasteiger charge is -2.27. The van der Waals surface area contributed by atoms with Gasteiger partial charge in [-0.2, -0.15) is 0 Å². The Morgan fingerprint density at radius 1 is 1.29 bits per heavy atom. The molecule has 1 aromatic carbocycles. The van der Waals surface area contributed by atoms with Gasteiger partial charge in [-0.15, -0.1) is 0 Å². The summed E-state index contributed by atoms with van der Waals surface area (Å²) in [6.07, 6.45) is 4.90. The van der Waals surface area contributed by atoms with Crippen LogP contribution in [-0.2, 0) is 12.8 Å². The number of fused-ring (bicyclic) bond motifs is 1. The van der Waals surface area contributed by atoms with E-state index >= 15 is 0 Å². The summed E-state index contributed by atoms with van der Waals surface area (Å²) in [6, 6.07) is 7.34. The van der Waals surface area contributed by atoms with Gasteiger partial charge in [0.05, 0.1) is 0 Å². The summed E-state index contributed by atoms with van der Waals surface area (Å²) in [5, 5.41) is 7.14. The van der Waals surface area contributed by atoms with Gasteiger partial charge < -0.3 is 10.6 Å². The largest absolute Gasteiger partial charge is 0.385 e. The van der Waals surface area contributed by atoms with Crippen molar-refractivity contribution in [1.29, 1.82) is 0 Å². The lowest BCUT2D eigenvalue weighted by atomic mass is 9.87. The highest BCUT2D eigenvalue weighted by atomic mass is 14.9. The molecule has 0 radical (unpaired) electrons. The Morgan fingerprint density at radius 2 is 2.18 bits per heavy atom. The molecule has 0 aliphatic heterocycles. The van der Waals surface area contributed by atoms with Crippen molar-refractivity contribution in [3.63, 3.8) is 0 Å². The van der Waals surface area contributed by atoms with Crippen LogP contribution in [0.4, 0.5) is 5.69 Å². The Balaban J connectivity index is 2.11. The highest BCUT2D eigenvalue weighted by molar-refractivity contribution is 5.56. The molecule has 2 nitrogen and oxygen atoms in total. The van der Waals surface area contributed by atoms with Gasteiger partial charge in [0.1, 0.15) is 0 Å². The average Bonchev–Trinajstić information content (AvgIpc) is 2.37. The highest BCUT2D eigenvalue weighted by Crippen LogP contribution is 2.28. The molecule has 0 amide bonds. The molecule has 94 valence electrons. The molecular formula is C15H24N2. The number of hydrogen-bond donors (Lipinski definition) is 2. The van der Waals surface area contributed by atoms with E-state index in [0.29, 0.717) is 6.04 Å². The molecule has 2 heteroatoms. The molecule has 2 N–H and O–H groups in total. The Kier molecular flexibility index (Phi) is 4.43. The standard InChI is InChI=1S/C15H24N2/c1-3-10-17-13-9-8-12-6-5-7-15(16-4-2)14(12)11-13/h5-7,13,16-17H,3-4,8-11H2,1-2H3. The fourth-order valence-electron chi connectivity index (χ4n) is 2.67. The molecule has 1 aliphatic carbocycles. The van der Waals surface area contributed by atoms with Crippen LogP contribution >= 0.6 is 0 Å². The van der Waals surface area contributed by atoms with E-state index in [-0.39, 0.29) is 0 Å². The smallest absolute Gasteiger partial charge is 0.0375 e. The van der Waals surface area contributed by atoms with Crippen molar-refractivity contribution in [2.45, 2.75) is 45.6 Å². The summed E-state index contributed by atoms with van der Waals surface area (Å²) in [5.41, 5.74) is 4.42. The van der Waals surface area contributed by atoms with Crippen LogP contribution in [0, 0.1) is 0 Å². The van der Waals surface area contributed by atoms with E-state index in [1.54, 1.807) is 0 Å². The maximum Gasteiger partial charge on any atom is 0.0375 e. The zero-order valence-electron chi connectivity index (χ0n) is 11.1. The highest BCUT2D eigenvalue weighted by Gasteiger charge is 2.19. The van der Waals surface area contributed by atoms with Crippen LogP contribution in [0.1, 0.15) is 37.8 Å². The van der Waals surface area contributed by atoms with E-state index in [0.717, 1.165) is 13.1 Å². The second-order valence-corrected chi connectivity index (χ2v) is 4.87. The van der Waals surface area contributed by atoms with Gasteiger partial charge in [0, 0.05) is 18.3 Å². The molecule has 1 unspecified atom stereocenters. The molecular weight excluding hydrogens is 208 g/mol. The first-order valence-corrected chi connectivity index (χ1v) is 6.93. The number of anilines is 1. The topological polar surface area (TPSA) is 24.1 Å². The van der Waals surface area contributed by atoms with Gasteiger partial charge in [0.15, 0.2) is 0 Å². The minimum absolute atomic E-state index is 0.669. The van der Waals surface area contributed by atoms with Crippen molar-refractivity contribution in [3.8, 4) is 0 Å². The van der Waals surface area contributed by atoms with Crippen LogP contribution in [-0.4, -0.2) is 19.1 Å². The molecule has 0 saturated carbocycles. The quantitative estimate of drug-likeness (QED) is 0.815. The summed E-state index contributed by atoms with van der Waals surface area (Å²) in [4.78, 5) is 0. The molecule has 1 aliphatic rings. The van der Waals surface area contributed by atoms with Crippen LogP contribution in [0.2, 0.25) is 0 Å². The van der Waals surface area contributed by atoms with Crippen molar-refractivity contribution in [2.75, 3.05) is 18.4 Å². The molecule has 0 bridgehead atoms. The Hall–Kier alpha value is -1.02. The second kappa shape index (κ2) is 6.06. The Bertz CT molecular complexity index is 360. The Morgan fingerprint density at radius 3 is 2.94 bits per heavy atom. The first kappa shape index (κ1) is 12.4. The minimum atomic E-state index is 0.669. The van der Waals surface area contributed by atoms with E-state index in [1.807, 2.05) is 0 Å². The molecule has 0 heterocycles. The summed E-state index contributed by atoms with van der Waals surface area (Å²) in [7, 11) is 0. The lowest BCUT2D eigenvalue weighted by molar-refractivity contribution is 0.459. The van der Waals surface area contributed by atoms with Crippen molar-refractivity contribution >= 4 is 5.69 Å². The van der Waals surface area contributed by atoms with Crippen LogP contribution < -0.4 is 10.6 Å². The van der Waals surface area contributed by atoms with Gasteiger partial charge in [-0.3, -0.25) is 0 Å². The summed E-state index contributed by atoms with van der Waals surface area (Å²) in [5.74, 6) is 0. The van der Waals surface area contributed by atoms with Crippen LogP contribution in [0.5, 0.6) is 0 Å². The predicted molar refractivity (Wildman–Crippen MR) is 74.7 cm³/mol. The maximum absolute atomic E-state index is 3.65. The average molecular weight is 232 g/mol. The third-order valence-electron chi connectivity index (χ3n) is 3.54. The SMILES string of the molecule is CCCNC1CCc2cccc(NCC)c2C1. The van der Waals surface area contributed by atoms with Crippen molar-refractivity contribution < 1.29 is 0 Å². The van der Waals surface area contributed by atoms with Gasteiger partial charge in [-0.1, -0.05) is 19.1 Å². The van der Waals surface area contributed by atoms with Crippen molar-refractivity contribution in [1.82, 2.24) is 5.32 Å². The van der Waals surface area contributed by atoms with Gasteiger partial charge >= 0.3 is 0 Å². The zero-order chi connectivity index (χ0) is 12.1. The number of benzene rings is 1. The van der Waals surface area contributed by atoms with Gasteiger partial charge in [-0.05, 0) is 56.3 Å². The van der Waals surface area contributed by atoms with Crippen LogP contribution in [0.15, 0.2) is 18.2 Å². The monoisotopic (exact) mass is 232 g/mol. The first-order chi connectivity index (χ1) is 8.35. The number of nitrogens with one attached hydrogen (secondary N) is 2. The van der Waals surface area contributed by atoms with E-state index in [2.05, 4.69) is 42.7 Å². The predicted octanol–water partition coefficient (Wildman–Crippen LogP) is 2.98. The zero-order valence-corrected chi connectivity index (χ0v) is 11.1. The molecule has 17 heavy (non-hydrogen) atoms. The molecule has 0 fully saturated rings. The van der Waals surface area contributed by atoms with E-state index in [9.17, 15) is 0 Å². The Labute approximate surface area is 105 Å². The van der Waals surface area contributed by atoms with E-state index in [1.165, 1.54) is 42.5 Å². The second-order valence-electron chi connectivity index (χ2n) is 4.87. The van der Waals surface area contributed by atoms with Crippen LogP contribution in [0.3, 0.4) is 0 Å². The van der Waals surface area contributed by atoms with Gasteiger partial charge in [0.2, 0.25) is 0 Å². The third kappa shape index (κ3) is 3.01. The van der Waals surface area contributed by atoms with E-state index < -0.39 is 0 Å². The fraction of sp³-hybridized carbons (Fsp3) is 0.600. The molecule has 0 aromatic heterocycles. The third-order valence-corrected chi connectivity index (χ3v) is 3.54. The number of aryl methyl sites for hydroxylation is 1. The maximum atomic E-state index is 3.65. The normalized spacial score (nSPS) is 18.8. The molecule has 2 rings (SSSR count). The van der Waals surface area contributed by atoms with Gasteiger partial charge in [0.25, 0.3) is 0 Å². The van der Waals surface area contributed by atoms with Crippen molar-refractivity contribution in [2.24, 2.45) is 0 Å². The molecule has 0 saturated heterocycles. The summed E-state index contributed by atoms with van der Waals surface area (Å²) < 4.78 is 0. The lowest BCUT2D eigenvalue weighted by Crippen LogP contribution is -2.35. The summed E-state index contributed by atoms with van der Waals surface area (Å²) >= 11 is 0. The van der Waals surface area contributed by atoms with E-state index in [4.69, 9.17) is 0 Å². The molecule has 0 spiro atoms. The summed E-state index contributed by atoms with van der Waals surface area (Å²) in [6.45, 7) is 6.54. The minimum Gasteiger partial charge on any atom is -0.385 e. The molecule has 1 aromatic rings. The fourth-order valence-corrected chi connectivity index (χ4v) is 2.67. The number of rotatable bonds is 5.